The van der Waals surface area contributed by atoms with Crippen molar-refractivity contribution >= 4 is 40.6 Å². The summed E-state index contributed by atoms with van der Waals surface area (Å²) in [7, 11) is 0. The fourth-order valence-electron chi connectivity index (χ4n) is 2.36. The first kappa shape index (κ1) is 15.1. The Morgan fingerprint density at radius 2 is 1.73 bits per heavy atom. The van der Waals surface area contributed by atoms with Crippen molar-refractivity contribution in [3.05, 3.63) is 46.1 Å². The summed E-state index contributed by atoms with van der Waals surface area (Å²) in [6.45, 7) is 1.96. The largest absolute Gasteiger partial charge is 0.355 e. The lowest BCUT2D eigenvalue weighted by molar-refractivity contribution is 0.102. The number of para-hydroxylation sites is 1. The Hall–Kier alpha value is -1.85. The van der Waals surface area contributed by atoms with E-state index in [2.05, 4.69) is 20.4 Å². The van der Waals surface area contributed by atoms with Gasteiger partial charge in [-0.1, -0.05) is 29.3 Å². The predicted octanol–water partition coefficient (Wildman–Crippen LogP) is 3.64. The number of amides is 1. The molecule has 7 heteroatoms. The van der Waals surface area contributed by atoms with Gasteiger partial charge in [-0.05, 0) is 37.1 Å². The van der Waals surface area contributed by atoms with Gasteiger partial charge in [-0.15, -0.1) is 10.2 Å². The third-order valence-electron chi connectivity index (χ3n) is 3.51. The molecule has 1 aromatic carbocycles. The van der Waals surface area contributed by atoms with E-state index in [-0.39, 0.29) is 5.69 Å². The molecule has 1 amide bonds. The number of rotatable bonds is 3. The first-order chi connectivity index (χ1) is 10.6. The molecule has 0 unspecified atom stereocenters. The molecule has 1 N–H and O–H groups in total. The standard InChI is InChI=1S/C15H14Cl2N4O/c16-10-4-3-5-11(17)14(10)18-15(22)12-6-7-13(20-19-12)21-8-1-2-9-21/h3-7H,1-2,8-9H2,(H,18,22). The zero-order valence-electron chi connectivity index (χ0n) is 11.7. The zero-order valence-corrected chi connectivity index (χ0v) is 13.2. The van der Waals surface area contributed by atoms with Gasteiger partial charge in [-0.3, -0.25) is 4.79 Å². The molecule has 0 aliphatic carbocycles. The van der Waals surface area contributed by atoms with E-state index in [9.17, 15) is 4.79 Å². The number of halogens is 2. The molecule has 3 rings (SSSR count). The van der Waals surface area contributed by atoms with Crippen LogP contribution in [0.1, 0.15) is 23.3 Å². The molecular weight excluding hydrogens is 323 g/mol. The molecule has 1 aliphatic heterocycles. The number of hydrogen-bond donors (Lipinski definition) is 1. The molecule has 1 fully saturated rings. The third-order valence-corrected chi connectivity index (χ3v) is 4.14. The minimum atomic E-state index is -0.393. The highest BCUT2D eigenvalue weighted by atomic mass is 35.5. The molecular formula is C15H14Cl2N4O. The molecule has 5 nitrogen and oxygen atoms in total. The Kier molecular flexibility index (Phi) is 4.45. The van der Waals surface area contributed by atoms with Crippen molar-refractivity contribution in [1.82, 2.24) is 10.2 Å². The van der Waals surface area contributed by atoms with Gasteiger partial charge >= 0.3 is 0 Å². The first-order valence-corrected chi connectivity index (χ1v) is 7.75. The zero-order chi connectivity index (χ0) is 15.5. The normalized spacial score (nSPS) is 14.2. The maximum absolute atomic E-state index is 12.2. The number of nitrogens with zero attached hydrogens (tertiary/aromatic N) is 3. The minimum Gasteiger partial charge on any atom is -0.355 e. The molecule has 1 saturated heterocycles. The summed E-state index contributed by atoms with van der Waals surface area (Å²) >= 11 is 12.1. The Labute approximate surface area is 138 Å². The van der Waals surface area contributed by atoms with Crippen molar-refractivity contribution in [2.45, 2.75) is 12.8 Å². The monoisotopic (exact) mass is 336 g/mol. The van der Waals surface area contributed by atoms with Gasteiger partial charge in [0.1, 0.15) is 0 Å². The van der Waals surface area contributed by atoms with Crippen LogP contribution < -0.4 is 10.2 Å². The molecule has 0 radical (unpaired) electrons. The van der Waals surface area contributed by atoms with E-state index in [1.807, 2.05) is 0 Å². The molecule has 1 aliphatic rings. The fraction of sp³-hybridized carbons (Fsp3) is 0.267. The van der Waals surface area contributed by atoms with Crippen LogP contribution in [0.2, 0.25) is 10.0 Å². The van der Waals surface area contributed by atoms with E-state index in [0.29, 0.717) is 15.7 Å². The van der Waals surface area contributed by atoms with Gasteiger partial charge in [0, 0.05) is 13.1 Å². The number of hydrogen-bond acceptors (Lipinski definition) is 4. The highest BCUT2D eigenvalue weighted by Gasteiger charge is 2.16. The second kappa shape index (κ2) is 6.50. The van der Waals surface area contributed by atoms with E-state index in [4.69, 9.17) is 23.2 Å². The van der Waals surface area contributed by atoms with Crippen molar-refractivity contribution in [2.75, 3.05) is 23.3 Å². The van der Waals surface area contributed by atoms with Crippen molar-refractivity contribution in [2.24, 2.45) is 0 Å². The topological polar surface area (TPSA) is 58.1 Å². The average Bonchev–Trinajstić information content (AvgIpc) is 3.05. The quantitative estimate of drug-likeness (QED) is 0.929. The van der Waals surface area contributed by atoms with Gasteiger partial charge in [-0.25, -0.2) is 0 Å². The van der Waals surface area contributed by atoms with Crippen molar-refractivity contribution in [1.29, 1.82) is 0 Å². The summed E-state index contributed by atoms with van der Waals surface area (Å²) in [6.07, 6.45) is 2.32. The Bertz CT molecular complexity index is 664. The van der Waals surface area contributed by atoms with Crippen LogP contribution >= 0.6 is 23.2 Å². The van der Waals surface area contributed by atoms with E-state index < -0.39 is 5.91 Å². The Balaban J connectivity index is 1.75. The van der Waals surface area contributed by atoms with E-state index in [0.717, 1.165) is 31.7 Å². The lowest BCUT2D eigenvalue weighted by atomic mass is 10.3. The summed E-state index contributed by atoms with van der Waals surface area (Å²) in [5, 5.41) is 11.5. The molecule has 0 atom stereocenters. The molecule has 0 spiro atoms. The number of carbonyl (C=O) groups excluding carboxylic acids is 1. The second-order valence-corrected chi connectivity index (χ2v) is 5.84. The van der Waals surface area contributed by atoms with E-state index >= 15 is 0 Å². The second-order valence-electron chi connectivity index (χ2n) is 5.02. The maximum atomic E-state index is 12.2. The Morgan fingerprint density at radius 3 is 2.32 bits per heavy atom. The summed E-state index contributed by atoms with van der Waals surface area (Å²) in [6, 6.07) is 8.49. The molecule has 114 valence electrons. The number of anilines is 2. The molecule has 0 saturated carbocycles. The van der Waals surface area contributed by atoms with Gasteiger partial charge in [0.15, 0.2) is 11.5 Å². The third kappa shape index (κ3) is 3.15. The maximum Gasteiger partial charge on any atom is 0.276 e. The SMILES string of the molecule is O=C(Nc1c(Cl)cccc1Cl)c1ccc(N2CCCC2)nn1. The van der Waals surface area contributed by atoms with Crippen LogP contribution in [0.4, 0.5) is 11.5 Å². The van der Waals surface area contributed by atoms with Gasteiger partial charge in [0.05, 0.1) is 15.7 Å². The number of nitrogens with one attached hydrogen (secondary N) is 1. The van der Waals surface area contributed by atoms with Gasteiger partial charge in [0.2, 0.25) is 0 Å². The van der Waals surface area contributed by atoms with Gasteiger partial charge in [-0.2, -0.15) is 0 Å². The average molecular weight is 337 g/mol. The molecule has 0 bridgehead atoms. The fourth-order valence-corrected chi connectivity index (χ4v) is 2.85. The first-order valence-electron chi connectivity index (χ1n) is 6.99. The van der Waals surface area contributed by atoms with Crippen LogP contribution in [0, 0.1) is 0 Å². The van der Waals surface area contributed by atoms with Crippen LogP contribution in [0.3, 0.4) is 0 Å². The smallest absolute Gasteiger partial charge is 0.276 e. The lowest BCUT2D eigenvalue weighted by Gasteiger charge is -2.15. The van der Waals surface area contributed by atoms with Crippen LogP contribution in [-0.2, 0) is 0 Å². The number of carbonyl (C=O) groups is 1. The molecule has 1 aromatic heterocycles. The van der Waals surface area contributed by atoms with Crippen molar-refractivity contribution in [3.63, 3.8) is 0 Å². The van der Waals surface area contributed by atoms with Crippen LogP contribution in [0.15, 0.2) is 30.3 Å². The molecule has 2 aromatic rings. The summed E-state index contributed by atoms with van der Waals surface area (Å²) in [5.74, 6) is 0.403. The molecule has 22 heavy (non-hydrogen) atoms. The van der Waals surface area contributed by atoms with Crippen LogP contribution in [0.5, 0.6) is 0 Å². The highest BCUT2D eigenvalue weighted by Crippen LogP contribution is 2.30. The number of benzene rings is 1. The van der Waals surface area contributed by atoms with Crippen molar-refractivity contribution in [3.8, 4) is 0 Å². The van der Waals surface area contributed by atoms with Gasteiger partial charge in [0.25, 0.3) is 5.91 Å². The van der Waals surface area contributed by atoms with Gasteiger partial charge < -0.3 is 10.2 Å². The number of aromatic nitrogens is 2. The van der Waals surface area contributed by atoms with Crippen molar-refractivity contribution < 1.29 is 4.79 Å². The van der Waals surface area contributed by atoms with Crippen LogP contribution in [0.25, 0.3) is 0 Å². The molecule has 2 heterocycles. The minimum absolute atomic E-state index is 0.221. The highest BCUT2D eigenvalue weighted by molar-refractivity contribution is 6.39. The lowest BCUT2D eigenvalue weighted by Crippen LogP contribution is -2.21. The predicted molar refractivity (Wildman–Crippen MR) is 87.9 cm³/mol. The Morgan fingerprint density at radius 1 is 1.05 bits per heavy atom. The van der Waals surface area contributed by atoms with E-state index in [1.54, 1.807) is 30.3 Å². The summed E-state index contributed by atoms with van der Waals surface area (Å²) in [4.78, 5) is 14.4. The van der Waals surface area contributed by atoms with Crippen LogP contribution in [-0.4, -0.2) is 29.2 Å². The van der Waals surface area contributed by atoms with E-state index in [1.165, 1.54) is 0 Å². The summed E-state index contributed by atoms with van der Waals surface area (Å²) < 4.78 is 0. The summed E-state index contributed by atoms with van der Waals surface area (Å²) in [5.41, 5.74) is 0.597.